The molecule has 1 aromatic carbocycles. The standard InChI is InChI=1S/C15H18BrNO4/c1-10-4-5-13(11(16)9-10)21-8-6-14(18)17-7-2-3-12(17)15(19)20/h4-5,9,12H,2-3,6-8H2,1H3,(H,19,20)/t12-/m1/s1. The van der Waals surface area contributed by atoms with Crippen LogP contribution in [0, 0.1) is 6.92 Å². The number of hydrogen-bond donors (Lipinski definition) is 1. The van der Waals surface area contributed by atoms with Gasteiger partial charge in [-0.05, 0) is 53.4 Å². The number of aliphatic carboxylic acids is 1. The molecule has 0 radical (unpaired) electrons. The largest absolute Gasteiger partial charge is 0.492 e. The van der Waals surface area contributed by atoms with Crippen molar-refractivity contribution in [2.75, 3.05) is 13.2 Å². The summed E-state index contributed by atoms with van der Waals surface area (Å²) in [4.78, 5) is 24.6. The lowest BCUT2D eigenvalue weighted by Gasteiger charge is -2.21. The highest BCUT2D eigenvalue weighted by molar-refractivity contribution is 9.10. The lowest BCUT2D eigenvalue weighted by Crippen LogP contribution is -2.40. The van der Waals surface area contributed by atoms with Crippen LogP contribution in [0.3, 0.4) is 0 Å². The summed E-state index contributed by atoms with van der Waals surface area (Å²) >= 11 is 3.41. The van der Waals surface area contributed by atoms with Gasteiger partial charge in [-0.1, -0.05) is 6.07 Å². The minimum Gasteiger partial charge on any atom is -0.492 e. The molecule has 1 aliphatic heterocycles. The molecule has 114 valence electrons. The SMILES string of the molecule is Cc1ccc(OCCC(=O)N2CCC[C@@H]2C(=O)O)c(Br)c1. The maximum absolute atomic E-state index is 12.1. The number of nitrogens with zero attached hydrogens (tertiary/aromatic N) is 1. The number of carbonyl (C=O) groups is 2. The molecule has 2 rings (SSSR count). The van der Waals surface area contributed by atoms with Crippen molar-refractivity contribution in [3.63, 3.8) is 0 Å². The maximum atomic E-state index is 12.1. The number of carbonyl (C=O) groups excluding carboxylic acids is 1. The summed E-state index contributed by atoms with van der Waals surface area (Å²) in [7, 11) is 0. The van der Waals surface area contributed by atoms with Gasteiger partial charge in [0, 0.05) is 6.54 Å². The number of rotatable bonds is 5. The molecule has 1 aromatic rings. The van der Waals surface area contributed by atoms with E-state index in [2.05, 4.69) is 15.9 Å². The predicted octanol–water partition coefficient (Wildman–Crippen LogP) is 2.60. The Balaban J connectivity index is 1.85. The third-order valence-electron chi connectivity index (χ3n) is 3.52. The van der Waals surface area contributed by atoms with Crippen LogP contribution in [0.5, 0.6) is 5.75 Å². The van der Waals surface area contributed by atoms with Crippen molar-refractivity contribution >= 4 is 27.8 Å². The topological polar surface area (TPSA) is 66.8 Å². The van der Waals surface area contributed by atoms with Crippen LogP contribution in [0.2, 0.25) is 0 Å². The van der Waals surface area contributed by atoms with Gasteiger partial charge in [-0.3, -0.25) is 4.79 Å². The molecule has 0 unspecified atom stereocenters. The van der Waals surface area contributed by atoms with Gasteiger partial charge in [0.2, 0.25) is 5.91 Å². The van der Waals surface area contributed by atoms with Gasteiger partial charge in [0.25, 0.3) is 0 Å². The first-order valence-corrected chi connectivity index (χ1v) is 7.69. The molecule has 1 amide bonds. The Hall–Kier alpha value is -1.56. The molecular formula is C15H18BrNO4. The molecule has 0 saturated carbocycles. The number of carboxylic acids is 1. The lowest BCUT2D eigenvalue weighted by atomic mass is 10.2. The molecule has 6 heteroatoms. The number of aryl methyl sites for hydroxylation is 1. The van der Waals surface area contributed by atoms with E-state index in [1.54, 1.807) is 0 Å². The number of halogens is 1. The van der Waals surface area contributed by atoms with E-state index in [1.807, 2.05) is 25.1 Å². The third-order valence-corrected chi connectivity index (χ3v) is 4.14. The van der Waals surface area contributed by atoms with Crippen LogP contribution in [0.25, 0.3) is 0 Å². The smallest absolute Gasteiger partial charge is 0.326 e. The van der Waals surface area contributed by atoms with Crippen LogP contribution in [-0.2, 0) is 9.59 Å². The zero-order valence-electron chi connectivity index (χ0n) is 11.8. The summed E-state index contributed by atoms with van der Waals surface area (Å²) in [6.45, 7) is 2.74. The fraction of sp³-hybridized carbons (Fsp3) is 0.467. The molecule has 1 saturated heterocycles. The number of hydrogen-bond acceptors (Lipinski definition) is 3. The van der Waals surface area contributed by atoms with E-state index >= 15 is 0 Å². The van der Waals surface area contributed by atoms with Crippen LogP contribution < -0.4 is 4.74 Å². The number of amides is 1. The van der Waals surface area contributed by atoms with Crippen LogP contribution in [-0.4, -0.2) is 41.1 Å². The van der Waals surface area contributed by atoms with Gasteiger partial charge < -0.3 is 14.7 Å². The first-order valence-electron chi connectivity index (χ1n) is 6.90. The van der Waals surface area contributed by atoms with E-state index in [0.717, 1.165) is 16.5 Å². The minimum absolute atomic E-state index is 0.164. The van der Waals surface area contributed by atoms with Gasteiger partial charge in [0.1, 0.15) is 11.8 Å². The zero-order chi connectivity index (χ0) is 15.4. The summed E-state index contributed by atoms with van der Waals surface area (Å²) in [6, 6.07) is 5.05. The van der Waals surface area contributed by atoms with Crippen molar-refractivity contribution in [1.29, 1.82) is 0 Å². The average Bonchev–Trinajstić information content (AvgIpc) is 2.90. The Morgan fingerprint density at radius 2 is 2.24 bits per heavy atom. The van der Waals surface area contributed by atoms with Gasteiger partial charge in [-0.25, -0.2) is 4.79 Å². The molecule has 1 atom stereocenters. The van der Waals surface area contributed by atoms with E-state index in [1.165, 1.54) is 4.90 Å². The molecule has 0 aliphatic carbocycles. The molecule has 1 fully saturated rings. The maximum Gasteiger partial charge on any atom is 0.326 e. The van der Waals surface area contributed by atoms with Gasteiger partial charge in [0.05, 0.1) is 17.5 Å². The van der Waals surface area contributed by atoms with Crippen molar-refractivity contribution in [2.24, 2.45) is 0 Å². The summed E-state index contributed by atoms with van der Waals surface area (Å²) in [5.74, 6) is -0.407. The van der Waals surface area contributed by atoms with Gasteiger partial charge in [-0.15, -0.1) is 0 Å². The zero-order valence-corrected chi connectivity index (χ0v) is 13.4. The minimum atomic E-state index is -0.928. The Kier molecular flexibility index (Phi) is 5.22. The highest BCUT2D eigenvalue weighted by Gasteiger charge is 2.33. The molecule has 0 aromatic heterocycles. The van der Waals surface area contributed by atoms with E-state index < -0.39 is 12.0 Å². The average molecular weight is 356 g/mol. The van der Waals surface area contributed by atoms with Crippen molar-refractivity contribution in [3.05, 3.63) is 28.2 Å². The van der Waals surface area contributed by atoms with Gasteiger partial charge in [0.15, 0.2) is 0 Å². The Morgan fingerprint density at radius 1 is 1.48 bits per heavy atom. The molecule has 1 heterocycles. The van der Waals surface area contributed by atoms with Crippen LogP contribution in [0.4, 0.5) is 0 Å². The van der Waals surface area contributed by atoms with E-state index in [4.69, 9.17) is 9.84 Å². The first kappa shape index (κ1) is 15.8. The Bertz CT molecular complexity index is 546. The lowest BCUT2D eigenvalue weighted by molar-refractivity contribution is -0.148. The monoisotopic (exact) mass is 355 g/mol. The van der Waals surface area contributed by atoms with Crippen molar-refractivity contribution in [2.45, 2.75) is 32.2 Å². The summed E-state index contributed by atoms with van der Waals surface area (Å²) in [5, 5.41) is 9.07. The molecule has 1 aliphatic rings. The fourth-order valence-electron chi connectivity index (χ4n) is 2.44. The fourth-order valence-corrected chi connectivity index (χ4v) is 3.04. The number of carboxylic acid groups (broad SMARTS) is 1. The van der Waals surface area contributed by atoms with Crippen LogP contribution >= 0.6 is 15.9 Å². The van der Waals surface area contributed by atoms with Crippen LogP contribution in [0.15, 0.2) is 22.7 Å². The second-order valence-corrected chi connectivity index (χ2v) is 5.97. The summed E-state index contributed by atoms with van der Waals surface area (Å²) in [5.41, 5.74) is 1.12. The molecule has 21 heavy (non-hydrogen) atoms. The van der Waals surface area contributed by atoms with Gasteiger partial charge >= 0.3 is 5.97 Å². The van der Waals surface area contributed by atoms with Crippen molar-refractivity contribution in [1.82, 2.24) is 4.90 Å². The molecule has 0 spiro atoms. The summed E-state index contributed by atoms with van der Waals surface area (Å²) in [6.07, 6.45) is 1.46. The third kappa shape index (κ3) is 3.97. The number of likely N-dealkylation sites (tertiary alicyclic amines) is 1. The van der Waals surface area contributed by atoms with E-state index in [-0.39, 0.29) is 18.9 Å². The van der Waals surface area contributed by atoms with Crippen molar-refractivity contribution < 1.29 is 19.4 Å². The van der Waals surface area contributed by atoms with E-state index in [0.29, 0.717) is 18.7 Å². The highest BCUT2D eigenvalue weighted by atomic mass is 79.9. The molecule has 0 bridgehead atoms. The molecular weight excluding hydrogens is 338 g/mol. The van der Waals surface area contributed by atoms with E-state index in [9.17, 15) is 9.59 Å². The number of benzene rings is 1. The summed E-state index contributed by atoms with van der Waals surface area (Å²) < 4.78 is 6.42. The quantitative estimate of drug-likeness (QED) is 0.881. The second-order valence-electron chi connectivity index (χ2n) is 5.12. The normalized spacial score (nSPS) is 17.8. The second kappa shape index (κ2) is 6.93. The van der Waals surface area contributed by atoms with Gasteiger partial charge in [-0.2, -0.15) is 0 Å². The highest BCUT2D eigenvalue weighted by Crippen LogP contribution is 2.26. The molecule has 5 nitrogen and oxygen atoms in total. The molecule has 1 N–H and O–H groups in total. The van der Waals surface area contributed by atoms with Crippen LogP contribution in [0.1, 0.15) is 24.8 Å². The Labute approximate surface area is 132 Å². The number of ether oxygens (including phenoxy) is 1. The Morgan fingerprint density at radius 3 is 2.90 bits per heavy atom. The van der Waals surface area contributed by atoms with Crippen molar-refractivity contribution in [3.8, 4) is 5.75 Å². The first-order chi connectivity index (χ1) is 9.99. The predicted molar refractivity (Wildman–Crippen MR) is 81.4 cm³/mol.